The van der Waals surface area contributed by atoms with Gasteiger partial charge >= 0.3 is 0 Å². The van der Waals surface area contributed by atoms with E-state index in [1.807, 2.05) is 71.1 Å². The topological polar surface area (TPSA) is 99.2 Å². The van der Waals surface area contributed by atoms with Gasteiger partial charge in [0.15, 0.2) is 5.65 Å². The van der Waals surface area contributed by atoms with Crippen LogP contribution in [0.1, 0.15) is 25.8 Å². The quantitative estimate of drug-likeness (QED) is 0.379. The summed E-state index contributed by atoms with van der Waals surface area (Å²) in [7, 11) is 0. The van der Waals surface area contributed by atoms with Gasteiger partial charge in [-0.05, 0) is 56.2 Å². The number of nitrogens with zero attached hydrogens (tertiary/aromatic N) is 5. The molecule has 2 aromatic heterocycles. The highest BCUT2D eigenvalue weighted by molar-refractivity contribution is 9.10. The van der Waals surface area contributed by atoms with Gasteiger partial charge in [0.05, 0.1) is 16.3 Å². The van der Waals surface area contributed by atoms with Gasteiger partial charge in [-0.25, -0.2) is 14.6 Å². The standard InChI is InChI=1S/C25H25BrN6O2/c1-16(26)25(33)31-13-5-6-18(14-31)32-24-21(23(27)28-15-29-24)22(30-32)17-9-11-20(12-10-17)34-19-7-3-2-4-8-19/h2-4,7-12,15-16,18H,5-6,13-14H2,1H3,(H2,27,28,29)/t16?,18-/m1/s1. The van der Waals surface area contributed by atoms with Crippen molar-refractivity contribution in [1.29, 1.82) is 0 Å². The zero-order valence-corrected chi connectivity index (χ0v) is 20.4. The molecule has 4 aromatic rings. The Bertz CT molecular complexity index is 1310. The number of fused-ring (bicyclic) bond motifs is 1. The van der Waals surface area contributed by atoms with Crippen molar-refractivity contribution in [2.45, 2.75) is 30.6 Å². The molecule has 5 rings (SSSR count). The predicted molar refractivity (Wildman–Crippen MR) is 135 cm³/mol. The number of alkyl halides is 1. The number of halogens is 1. The van der Waals surface area contributed by atoms with Crippen LogP contribution in [-0.2, 0) is 4.79 Å². The van der Waals surface area contributed by atoms with Gasteiger partial charge in [0.2, 0.25) is 5.91 Å². The number of nitrogens with two attached hydrogens (primary N) is 1. The molecule has 1 aliphatic heterocycles. The molecule has 0 bridgehead atoms. The first kappa shape index (κ1) is 22.3. The van der Waals surface area contributed by atoms with Crippen LogP contribution in [0.25, 0.3) is 22.3 Å². The third-order valence-electron chi connectivity index (χ3n) is 6.02. The SMILES string of the molecule is CC(Br)C(=O)N1CCC[C@@H](n2nc(-c3ccc(Oc4ccccc4)cc3)c3c(N)ncnc32)C1. The zero-order chi connectivity index (χ0) is 23.7. The fourth-order valence-corrected chi connectivity index (χ4v) is 4.65. The Kier molecular flexibility index (Phi) is 6.19. The van der Waals surface area contributed by atoms with Gasteiger partial charge in [0, 0.05) is 18.7 Å². The summed E-state index contributed by atoms with van der Waals surface area (Å²) in [4.78, 5) is 23.0. The zero-order valence-electron chi connectivity index (χ0n) is 18.8. The Balaban J connectivity index is 1.49. The summed E-state index contributed by atoms with van der Waals surface area (Å²) in [6.07, 6.45) is 3.27. The van der Waals surface area contributed by atoms with E-state index in [9.17, 15) is 4.79 Å². The monoisotopic (exact) mass is 520 g/mol. The smallest absolute Gasteiger partial charge is 0.236 e. The van der Waals surface area contributed by atoms with Crippen LogP contribution in [0, 0.1) is 0 Å². The Morgan fingerprint density at radius 2 is 1.85 bits per heavy atom. The van der Waals surface area contributed by atoms with Gasteiger partial charge in [0.25, 0.3) is 0 Å². The number of nitrogen functional groups attached to an aromatic ring is 1. The minimum atomic E-state index is -0.217. The molecule has 1 unspecified atom stereocenters. The molecule has 0 saturated carbocycles. The number of benzene rings is 2. The van der Waals surface area contributed by atoms with Crippen LogP contribution in [0.5, 0.6) is 11.5 Å². The average molecular weight is 521 g/mol. The maximum atomic E-state index is 12.6. The van der Waals surface area contributed by atoms with E-state index in [-0.39, 0.29) is 16.8 Å². The van der Waals surface area contributed by atoms with Crippen LogP contribution < -0.4 is 10.5 Å². The Morgan fingerprint density at radius 1 is 1.12 bits per heavy atom. The molecule has 1 fully saturated rings. The van der Waals surface area contributed by atoms with Crippen molar-refractivity contribution in [3.63, 3.8) is 0 Å². The highest BCUT2D eigenvalue weighted by Gasteiger charge is 2.29. The number of rotatable bonds is 5. The normalized spacial score (nSPS) is 17.0. The van der Waals surface area contributed by atoms with Gasteiger partial charge in [-0.2, -0.15) is 5.10 Å². The molecule has 0 radical (unpaired) electrons. The second-order valence-electron chi connectivity index (χ2n) is 8.39. The van der Waals surface area contributed by atoms with E-state index in [0.29, 0.717) is 18.0 Å². The predicted octanol–water partition coefficient (Wildman–Crippen LogP) is 4.81. The third kappa shape index (κ3) is 4.35. The van der Waals surface area contributed by atoms with E-state index in [1.54, 1.807) is 0 Å². The number of aromatic nitrogens is 4. The number of hydrogen-bond donors (Lipinski definition) is 1. The molecule has 1 saturated heterocycles. The molecular formula is C25H25BrN6O2. The van der Waals surface area contributed by atoms with Crippen LogP contribution >= 0.6 is 15.9 Å². The Morgan fingerprint density at radius 3 is 2.59 bits per heavy atom. The first-order valence-electron chi connectivity index (χ1n) is 11.3. The van der Waals surface area contributed by atoms with Crippen molar-refractivity contribution in [2.24, 2.45) is 0 Å². The molecule has 2 N–H and O–H groups in total. The van der Waals surface area contributed by atoms with Gasteiger partial charge in [0.1, 0.15) is 29.3 Å². The molecule has 3 heterocycles. The van der Waals surface area contributed by atoms with Crippen LogP contribution in [-0.4, -0.2) is 48.5 Å². The summed E-state index contributed by atoms with van der Waals surface area (Å²) in [5.74, 6) is 1.98. The second-order valence-corrected chi connectivity index (χ2v) is 9.76. The fraction of sp³-hybridized carbons (Fsp3) is 0.280. The summed E-state index contributed by atoms with van der Waals surface area (Å²) in [6.45, 7) is 3.18. The molecule has 8 nitrogen and oxygen atoms in total. The van der Waals surface area contributed by atoms with E-state index in [4.69, 9.17) is 15.6 Å². The number of carbonyl (C=O) groups excluding carboxylic acids is 1. The van der Waals surface area contributed by atoms with Crippen molar-refractivity contribution < 1.29 is 9.53 Å². The van der Waals surface area contributed by atoms with Crippen LogP contribution in [0.2, 0.25) is 0 Å². The lowest BCUT2D eigenvalue weighted by Crippen LogP contribution is -2.43. The van der Waals surface area contributed by atoms with E-state index < -0.39 is 0 Å². The molecular weight excluding hydrogens is 496 g/mol. The number of carbonyl (C=O) groups is 1. The number of piperidine rings is 1. The molecule has 0 aliphatic carbocycles. The Labute approximate surface area is 205 Å². The maximum Gasteiger partial charge on any atom is 0.236 e. The molecule has 174 valence electrons. The van der Waals surface area contributed by atoms with Crippen molar-refractivity contribution in [1.82, 2.24) is 24.6 Å². The van der Waals surface area contributed by atoms with Crippen LogP contribution in [0.3, 0.4) is 0 Å². The summed E-state index contributed by atoms with van der Waals surface area (Å²) in [6, 6.07) is 17.4. The summed E-state index contributed by atoms with van der Waals surface area (Å²) >= 11 is 3.40. The number of amides is 1. The number of para-hydroxylation sites is 1. The van der Waals surface area contributed by atoms with Gasteiger partial charge in [-0.3, -0.25) is 4.79 Å². The van der Waals surface area contributed by atoms with E-state index in [2.05, 4.69) is 25.9 Å². The summed E-state index contributed by atoms with van der Waals surface area (Å²) in [5.41, 5.74) is 8.57. The lowest BCUT2D eigenvalue weighted by atomic mass is 10.1. The van der Waals surface area contributed by atoms with Gasteiger partial charge in [-0.15, -0.1) is 0 Å². The minimum absolute atomic E-state index is 0.00943. The second kappa shape index (κ2) is 9.42. The number of likely N-dealkylation sites (tertiary alicyclic amines) is 1. The maximum absolute atomic E-state index is 12.6. The van der Waals surface area contributed by atoms with E-state index in [1.165, 1.54) is 6.33 Å². The molecule has 1 amide bonds. The van der Waals surface area contributed by atoms with Crippen LogP contribution in [0.4, 0.5) is 5.82 Å². The molecule has 0 spiro atoms. The van der Waals surface area contributed by atoms with Crippen molar-refractivity contribution in [3.8, 4) is 22.8 Å². The van der Waals surface area contributed by atoms with Crippen molar-refractivity contribution >= 4 is 38.7 Å². The molecule has 1 aliphatic rings. The van der Waals surface area contributed by atoms with E-state index >= 15 is 0 Å². The van der Waals surface area contributed by atoms with Gasteiger partial charge in [-0.1, -0.05) is 34.1 Å². The number of anilines is 1. The van der Waals surface area contributed by atoms with Crippen molar-refractivity contribution in [3.05, 3.63) is 60.9 Å². The van der Waals surface area contributed by atoms with Crippen molar-refractivity contribution in [2.75, 3.05) is 18.8 Å². The van der Waals surface area contributed by atoms with E-state index in [0.717, 1.165) is 47.5 Å². The average Bonchev–Trinajstić information content (AvgIpc) is 3.26. The van der Waals surface area contributed by atoms with Crippen LogP contribution in [0.15, 0.2) is 60.9 Å². The highest BCUT2D eigenvalue weighted by atomic mass is 79.9. The third-order valence-corrected chi connectivity index (χ3v) is 6.41. The lowest BCUT2D eigenvalue weighted by Gasteiger charge is -2.33. The molecule has 34 heavy (non-hydrogen) atoms. The first-order valence-corrected chi connectivity index (χ1v) is 12.2. The number of ether oxygens (including phenoxy) is 1. The highest BCUT2D eigenvalue weighted by Crippen LogP contribution is 2.35. The molecule has 2 atom stereocenters. The molecule has 9 heteroatoms. The summed E-state index contributed by atoms with van der Waals surface area (Å²) in [5, 5.41) is 5.66. The van der Waals surface area contributed by atoms with Gasteiger partial charge < -0.3 is 15.4 Å². The fourth-order valence-electron chi connectivity index (χ4n) is 4.36. The number of hydrogen-bond acceptors (Lipinski definition) is 6. The largest absolute Gasteiger partial charge is 0.457 e. The summed E-state index contributed by atoms with van der Waals surface area (Å²) < 4.78 is 7.83. The lowest BCUT2D eigenvalue weighted by molar-refractivity contribution is -0.131. The minimum Gasteiger partial charge on any atom is -0.457 e. The molecule has 2 aromatic carbocycles. The first-order chi connectivity index (χ1) is 16.5. The Hall–Kier alpha value is -3.46.